The summed E-state index contributed by atoms with van der Waals surface area (Å²) < 4.78 is 38.4. The highest BCUT2D eigenvalue weighted by molar-refractivity contribution is 14.0. The molecule has 2 unspecified atom stereocenters. The Morgan fingerprint density at radius 1 is 1.21 bits per heavy atom. The Labute approximate surface area is 159 Å². The summed E-state index contributed by atoms with van der Waals surface area (Å²) in [6.07, 6.45) is -1.76. The largest absolute Gasteiger partial charge is 0.403 e. The molecule has 0 aromatic rings. The van der Waals surface area contributed by atoms with E-state index in [1.807, 2.05) is 0 Å². The Morgan fingerprint density at radius 2 is 1.83 bits per heavy atom. The molecule has 2 aliphatic rings. The number of aliphatic imine (C=N–C) groups is 1. The van der Waals surface area contributed by atoms with E-state index < -0.39 is 12.2 Å². The fraction of sp³-hybridized carbons (Fsp3) is 0.933. The Bertz CT molecular complexity index is 410. The summed E-state index contributed by atoms with van der Waals surface area (Å²) in [4.78, 5) is 10.2. The fourth-order valence-electron chi connectivity index (χ4n) is 3.31. The Hall–Kier alpha value is -0.290. The van der Waals surface area contributed by atoms with Gasteiger partial charge in [0.2, 0.25) is 0 Å². The first-order valence-electron chi connectivity index (χ1n) is 8.29. The van der Waals surface area contributed by atoms with Crippen molar-refractivity contribution in [3.05, 3.63) is 0 Å². The third kappa shape index (κ3) is 5.62. The van der Waals surface area contributed by atoms with Gasteiger partial charge in [0.25, 0.3) is 0 Å². The zero-order chi connectivity index (χ0) is 17.0. The molecule has 0 aromatic carbocycles. The average molecular weight is 463 g/mol. The molecule has 9 heteroatoms. The Balaban J connectivity index is 0.00000288. The van der Waals surface area contributed by atoms with Crippen molar-refractivity contribution in [2.45, 2.75) is 38.0 Å². The normalized spacial score (nSPS) is 25.5. The van der Waals surface area contributed by atoms with Crippen molar-refractivity contribution in [1.29, 1.82) is 0 Å². The Morgan fingerprint density at radius 3 is 2.29 bits per heavy atom. The molecule has 0 aromatic heterocycles. The number of hydrogen-bond donors (Lipinski definition) is 1. The van der Waals surface area contributed by atoms with Crippen molar-refractivity contribution < 1.29 is 13.2 Å². The van der Waals surface area contributed by atoms with Gasteiger partial charge in [0.1, 0.15) is 6.04 Å². The number of guanidine groups is 1. The third-order valence-corrected chi connectivity index (χ3v) is 5.01. The van der Waals surface area contributed by atoms with Crippen LogP contribution in [0.2, 0.25) is 0 Å². The van der Waals surface area contributed by atoms with Gasteiger partial charge in [0, 0.05) is 45.8 Å². The van der Waals surface area contributed by atoms with Gasteiger partial charge >= 0.3 is 6.18 Å². The Kier molecular flexibility index (Phi) is 8.54. The zero-order valence-corrected chi connectivity index (χ0v) is 17.0. The first-order valence-corrected chi connectivity index (χ1v) is 8.29. The summed E-state index contributed by atoms with van der Waals surface area (Å²) in [7, 11) is 3.85. The minimum absolute atomic E-state index is 0. The van der Waals surface area contributed by atoms with E-state index in [-0.39, 0.29) is 24.0 Å². The van der Waals surface area contributed by atoms with Gasteiger partial charge in [-0.3, -0.25) is 9.89 Å². The fourth-order valence-corrected chi connectivity index (χ4v) is 3.31. The summed E-state index contributed by atoms with van der Waals surface area (Å²) in [6.45, 7) is 5.15. The van der Waals surface area contributed by atoms with Crippen molar-refractivity contribution in [1.82, 2.24) is 20.0 Å². The predicted molar refractivity (Wildman–Crippen MR) is 101 cm³/mol. The highest BCUT2D eigenvalue weighted by atomic mass is 127. The predicted octanol–water partition coefficient (Wildman–Crippen LogP) is 1.84. The van der Waals surface area contributed by atoms with Crippen LogP contribution in [-0.2, 0) is 0 Å². The molecule has 0 amide bonds. The topological polar surface area (TPSA) is 34.1 Å². The van der Waals surface area contributed by atoms with Gasteiger partial charge in [-0.1, -0.05) is 0 Å². The van der Waals surface area contributed by atoms with Gasteiger partial charge in [-0.25, -0.2) is 0 Å². The maximum absolute atomic E-state index is 12.8. The van der Waals surface area contributed by atoms with Crippen molar-refractivity contribution >= 4 is 29.9 Å². The maximum Gasteiger partial charge on any atom is 0.403 e. The van der Waals surface area contributed by atoms with Crippen LogP contribution in [0.3, 0.4) is 0 Å². The summed E-state index contributed by atoms with van der Waals surface area (Å²) in [6, 6.07) is -0.870. The van der Waals surface area contributed by atoms with E-state index in [4.69, 9.17) is 0 Å². The number of likely N-dealkylation sites (N-methyl/N-ethyl adjacent to an activating group) is 1. The van der Waals surface area contributed by atoms with Crippen molar-refractivity contribution in [3.63, 3.8) is 0 Å². The van der Waals surface area contributed by atoms with Crippen LogP contribution in [0.1, 0.15) is 19.8 Å². The van der Waals surface area contributed by atoms with Crippen molar-refractivity contribution in [3.8, 4) is 0 Å². The van der Waals surface area contributed by atoms with Crippen LogP contribution in [0.25, 0.3) is 0 Å². The minimum Gasteiger partial charge on any atom is -0.355 e. The molecule has 0 spiro atoms. The highest BCUT2D eigenvalue weighted by Gasteiger charge is 2.41. The molecule has 2 atom stereocenters. The second kappa shape index (κ2) is 9.42. The van der Waals surface area contributed by atoms with Gasteiger partial charge in [-0.15, -0.1) is 24.0 Å². The molecule has 142 valence electrons. The minimum atomic E-state index is -4.16. The van der Waals surface area contributed by atoms with Crippen molar-refractivity contribution in [2.75, 3.05) is 53.4 Å². The molecular weight excluding hydrogens is 434 g/mol. The maximum atomic E-state index is 12.8. The van der Waals surface area contributed by atoms with E-state index >= 15 is 0 Å². The van der Waals surface area contributed by atoms with Gasteiger partial charge < -0.3 is 15.1 Å². The van der Waals surface area contributed by atoms with Crippen LogP contribution in [-0.4, -0.2) is 92.3 Å². The van der Waals surface area contributed by atoms with Gasteiger partial charge in [0.15, 0.2) is 5.96 Å². The highest BCUT2D eigenvalue weighted by Crippen LogP contribution is 2.25. The summed E-state index contributed by atoms with van der Waals surface area (Å²) in [5.41, 5.74) is 0. The number of halogens is 4. The lowest BCUT2D eigenvalue weighted by Gasteiger charge is -2.40. The number of piperazine rings is 1. The number of rotatable bonds is 3. The quantitative estimate of drug-likeness (QED) is 0.394. The van der Waals surface area contributed by atoms with Crippen LogP contribution < -0.4 is 5.32 Å². The van der Waals surface area contributed by atoms with Crippen LogP contribution in [0.4, 0.5) is 13.2 Å². The lowest BCUT2D eigenvalue weighted by Crippen LogP contribution is -2.57. The summed E-state index contributed by atoms with van der Waals surface area (Å²) in [5.74, 6) is 0.796. The molecule has 0 saturated carbocycles. The average Bonchev–Trinajstić information content (AvgIpc) is 2.92. The molecule has 24 heavy (non-hydrogen) atoms. The molecular formula is C15H29F3IN5. The van der Waals surface area contributed by atoms with Crippen LogP contribution in [0.5, 0.6) is 0 Å². The first kappa shape index (κ1) is 21.8. The van der Waals surface area contributed by atoms with Crippen LogP contribution >= 0.6 is 24.0 Å². The van der Waals surface area contributed by atoms with Crippen LogP contribution in [0.15, 0.2) is 4.99 Å². The van der Waals surface area contributed by atoms with Crippen LogP contribution in [0, 0.1) is 0 Å². The second-order valence-corrected chi connectivity index (χ2v) is 6.45. The van der Waals surface area contributed by atoms with E-state index in [9.17, 15) is 13.2 Å². The van der Waals surface area contributed by atoms with Gasteiger partial charge in [-0.2, -0.15) is 13.2 Å². The lowest BCUT2D eigenvalue weighted by molar-refractivity contribution is -0.181. The van der Waals surface area contributed by atoms with Gasteiger partial charge in [0.05, 0.1) is 0 Å². The van der Waals surface area contributed by atoms with E-state index in [0.29, 0.717) is 32.2 Å². The molecule has 2 saturated heterocycles. The second-order valence-electron chi connectivity index (χ2n) is 6.45. The number of hydrogen-bond acceptors (Lipinski definition) is 3. The molecule has 0 bridgehead atoms. The number of alkyl halides is 3. The standard InChI is InChI=1S/C15H28F3N5.HI/c1-12(15(16,17)18)22-7-9-23(10-8-22)14(19-2)20-11-13-5-4-6-21(13)3;/h12-13H,4-11H2,1-3H3,(H,19,20);1H. The SMILES string of the molecule is CN=C(NCC1CCCN1C)N1CCN(C(C)C(F)(F)F)CC1.I. The molecule has 5 nitrogen and oxygen atoms in total. The zero-order valence-electron chi connectivity index (χ0n) is 14.6. The van der Waals surface area contributed by atoms with E-state index in [1.165, 1.54) is 24.7 Å². The van der Waals surface area contributed by atoms with E-state index in [0.717, 1.165) is 19.0 Å². The number of nitrogens with zero attached hydrogens (tertiary/aromatic N) is 4. The number of likely N-dealkylation sites (tertiary alicyclic amines) is 1. The molecule has 2 aliphatic heterocycles. The third-order valence-electron chi connectivity index (χ3n) is 5.01. The molecule has 2 fully saturated rings. The monoisotopic (exact) mass is 463 g/mol. The van der Waals surface area contributed by atoms with Gasteiger partial charge in [-0.05, 0) is 33.4 Å². The smallest absolute Gasteiger partial charge is 0.355 e. The summed E-state index contributed by atoms with van der Waals surface area (Å²) in [5, 5.41) is 3.38. The molecule has 2 rings (SSSR count). The molecule has 0 radical (unpaired) electrons. The van der Waals surface area contributed by atoms with E-state index in [2.05, 4.69) is 27.2 Å². The van der Waals surface area contributed by atoms with Crippen molar-refractivity contribution in [2.24, 2.45) is 4.99 Å². The number of nitrogens with one attached hydrogen (secondary N) is 1. The molecule has 1 N–H and O–H groups in total. The summed E-state index contributed by atoms with van der Waals surface area (Å²) >= 11 is 0. The molecule has 2 heterocycles. The first-order chi connectivity index (χ1) is 10.8. The van der Waals surface area contributed by atoms with E-state index in [1.54, 1.807) is 7.05 Å². The molecule has 0 aliphatic carbocycles. The lowest BCUT2D eigenvalue weighted by atomic mass is 10.2.